The van der Waals surface area contributed by atoms with Gasteiger partial charge in [0.05, 0.1) is 12.5 Å². The van der Waals surface area contributed by atoms with Crippen LogP contribution in [0.4, 0.5) is 0 Å². The van der Waals surface area contributed by atoms with Gasteiger partial charge in [0, 0.05) is 19.6 Å². The molecule has 0 saturated heterocycles. The number of amides is 2. The molecule has 2 amide bonds. The molecule has 1 aromatic rings. The predicted octanol–water partition coefficient (Wildman–Crippen LogP) is 0.714. The van der Waals surface area contributed by atoms with Gasteiger partial charge in [0.15, 0.2) is 0 Å². The Morgan fingerprint density at radius 2 is 1.80 bits per heavy atom. The minimum atomic E-state index is -0.416. The highest BCUT2D eigenvalue weighted by Gasteiger charge is 2.20. The van der Waals surface area contributed by atoms with E-state index in [1.807, 2.05) is 44.2 Å². The second-order valence-electron chi connectivity index (χ2n) is 4.48. The van der Waals surface area contributed by atoms with Crippen LogP contribution in [0.25, 0.3) is 0 Å². The van der Waals surface area contributed by atoms with Gasteiger partial charge in [-0.3, -0.25) is 9.59 Å². The molecule has 1 atom stereocenters. The van der Waals surface area contributed by atoms with Crippen LogP contribution < -0.4 is 11.1 Å². The Morgan fingerprint density at radius 1 is 1.20 bits per heavy atom. The summed E-state index contributed by atoms with van der Waals surface area (Å²) in [5.41, 5.74) is 6.53. The zero-order valence-corrected chi connectivity index (χ0v) is 12.1. The third-order valence-corrected chi connectivity index (χ3v) is 3.28. The van der Waals surface area contributed by atoms with Crippen LogP contribution in [0.1, 0.15) is 25.3 Å². The number of benzene rings is 1. The van der Waals surface area contributed by atoms with Crippen molar-refractivity contribution in [3.05, 3.63) is 35.9 Å². The van der Waals surface area contributed by atoms with E-state index in [0.29, 0.717) is 13.1 Å². The maximum Gasteiger partial charge on any atom is 0.241 e. The Kier molecular flexibility index (Phi) is 6.73. The Morgan fingerprint density at radius 3 is 2.30 bits per heavy atom. The van der Waals surface area contributed by atoms with Crippen LogP contribution in [-0.2, 0) is 9.59 Å². The lowest BCUT2D eigenvalue weighted by Gasteiger charge is -2.20. The predicted molar refractivity (Wildman–Crippen MR) is 79.2 cm³/mol. The molecule has 0 aromatic heterocycles. The fourth-order valence-electron chi connectivity index (χ4n) is 2.05. The average Bonchev–Trinajstić information content (AvgIpc) is 2.48. The minimum absolute atomic E-state index is 0.0177. The van der Waals surface area contributed by atoms with Crippen molar-refractivity contribution in [3.63, 3.8) is 0 Å². The van der Waals surface area contributed by atoms with E-state index in [4.69, 9.17) is 5.73 Å². The van der Waals surface area contributed by atoms with Gasteiger partial charge in [0.25, 0.3) is 0 Å². The molecular weight excluding hydrogens is 254 g/mol. The first-order chi connectivity index (χ1) is 9.63. The lowest BCUT2D eigenvalue weighted by atomic mass is 9.98. The van der Waals surface area contributed by atoms with Gasteiger partial charge in [-0.1, -0.05) is 30.3 Å². The summed E-state index contributed by atoms with van der Waals surface area (Å²) in [5.74, 6) is -0.702. The second-order valence-corrected chi connectivity index (χ2v) is 4.48. The molecule has 0 saturated carbocycles. The van der Waals surface area contributed by atoms with Gasteiger partial charge in [-0.05, 0) is 19.4 Å². The number of nitrogens with zero attached hydrogens (tertiary/aromatic N) is 1. The van der Waals surface area contributed by atoms with Crippen molar-refractivity contribution in [2.75, 3.05) is 26.2 Å². The summed E-state index contributed by atoms with van der Waals surface area (Å²) in [6.07, 6.45) is 0. The Labute approximate surface area is 120 Å². The fourth-order valence-corrected chi connectivity index (χ4v) is 2.05. The molecule has 0 aliphatic carbocycles. The monoisotopic (exact) mass is 277 g/mol. The van der Waals surface area contributed by atoms with Crippen molar-refractivity contribution in [2.24, 2.45) is 5.73 Å². The number of hydrogen-bond acceptors (Lipinski definition) is 3. The van der Waals surface area contributed by atoms with E-state index in [1.54, 1.807) is 4.90 Å². The lowest BCUT2D eigenvalue weighted by molar-refractivity contribution is -0.132. The number of carbonyl (C=O) groups excluding carboxylic acids is 2. The summed E-state index contributed by atoms with van der Waals surface area (Å²) in [6.45, 7) is 5.35. The quantitative estimate of drug-likeness (QED) is 0.771. The highest BCUT2D eigenvalue weighted by Crippen LogP contribution is 2.13. The van der Waals surface area contributed by atoms with Gasteiger partial charge in [-0.15, -0.1) is 0 Å². The summed E-state index contributed by atoms with van der Waals surface area (Å²) >= 11 is 0. The van der Waals surface area contributed by atoms with Crippen molar-refractivity contribution >= 4 is 11.8 Å². The second kappa shape index (κ2) is 8.32. The average molecular weight is 277 g/mol. The summed E-state index contributed by atoms with van der Waals surface area (Å²) in [5, 5.41) is 2.67. The van der Waals surface area contributed by atoms with Crippen LogP contribution in [0.3, 0.4) is 0 Å². The van der Waals surface area contributed by atoms with Gasteiger partial charge in [-0.25, -0.2) is 0 Å². The zero-order valence-electron chi connectivity index (χ0n) is 12.1. The summed E-state index contributed by atoms with van der Waals surface area (Å²) in [4.78, 5) is 25.6. The molecular formula is C15H23N3O2. The zero-order chi connectivity index (χ0) is 15.0. The third kappa shape index (κ3) is 4.35. The van der Waals surface area contributed by atoms with Crippen LogP contribution in [-0.4, -0.2) is 42.9 Å². The molecule has 0 bridgehead atoms. The fraction of sp³-hybridized carbons (Fsp3) is 0.467. The molecule has 0 aliphatic rings. The van der Waals surface area contributed by atoms with Gasteiger partial charge >= 0.3 is 0 Å². The summed E-state index contributed by atoms with van der Waals surface area (Å²) in [6, 6.07) is 9.35. The molecule has 20 heavy (non-hydrogen) atoms. The van der Waals surface area contributed by atoms with Gasteiger partial charge in [0.2, 0.25) is 11.8 Å². The van der Waals surface area contributed by atoms with Crippen molar-refractivity contribution in [1.82, 2.24) is 10.2 Å². The first kappa shape index (κ1) is 16.2. The molecule has 1 unspecified atom stereocenters. The number of hydrogen-bond donors (Lipinski definition) is 2. The van der Waals surface area contributed by atoms with E-state index in [1.165, 1.54) is 0 Å². The van der Waals surface area contributed by atoms with Crippen molar-refractivity contribution < 1.29 is 9.59 Å². The third-order valence-electron chi connectivity index (χ3n) is 3.28. The molecule has 0 aliphatic heterocycles. The van der Waals surface area contributed by atoms with Gasteiger partial charge in [0.1, 0.15) is 0 Å². The first-order valence-corrected chi connectivity index (χ1v) is 6.94. The van der Waals surface area contributed by atoms with Crippen LogP contribution in [0, 0.1) is 0 Å². The molecule has 1 rings (SSSR count). The smallest absolute Gasteiger partial charge is 0.241 e. The van der Waals surface area contributed by atoms with Crippen LogP contribution in [0.2, 0.25) is 0 Å². The largest absolute Gasteiger partial charge is 0.346 e. The number of nitrogens with one attached hydrogen (secondary N) is 1. The number of nitrogens with two attached hydrogens (primary N) is 1. The molecule has 0 spiro atoms. The Hall–Kier alpha value is -1.88. The molecule has 5 nitrogen and oxygen atoms in total. The van der Waals surface area contributed by atoms with Crippen LogP contribution >= 0.6 is 0 Å². The summed E-state index contributed by atoms with van der Waals surface area (Å²) in [7, 11) is 0. The minimum Gasteiger partial charge on any atom is -0.346 e. The molecule has 1 aromatic carbocycles. The standard InChI is InChI=1S/C15H23N3O2/c1-3-18(4-2)14(19)11-17-15(20)13(10-16)12-8-6-5-7-9-12/h5-9,13H,3-4,10-11,16H2,1-2H3,(H,17,20). The number of likely N-dealkylation sites (N-methyl/N-ethyl adjacent to an activating group) is 1. The molecule has 3 N–H and O–H groups in total. The van der Waals surface area contributed by atoms with Crippen LogP contribution in [0.15, 0.2) is 30.3 Å². The molecule has 0 fully saturated rings. The van der Waals surface area contributed by atoms with Crippen molar-refractivity contribution in [2.45, 2.75) is 19.8 Å². The topological polar surface area (TPSA) is 75.4 Å². The molecule has 0 radical (unpaired) electrons. The molecule has 5 heteroatoms. The van der Waals surface area contributed by atoms with Gasteiger partial charge in [-0.2, -0.15) is 0 Å². The lowest BCUT2D eigenvalue weighted by Crippen LogP contribution is -2.42. The number of rotatable bonds is 7. The van der Waals surface area contributed by atoms with Crippen LogP contribution in [0.5, 0.6) is 0 Å². The van der Waals surface area contributed by atoms with Gasteiger partial charge < -0.3 is 16.0 Å². The van der Waals surface area contributed by atoms with E-state index < -0.39 is 5.92 Å². The van der Waals surface area contributed by atoms with E-state index in [-0.39, 0.29) is 24.9 Å². The van der Waals surface area contributed by atoms with E-state index in [0.717, 1.165) is 5.56 Å². The SMILES string of the molecule is CCN(CC)C(=O)CNC(=O)C(CN)c1ccccc1. The Bertz CT molecular complexity index is 430. The maximum atomic E-state index is 12.1. The Balaban J connectivity index is 2.59. The highest BCUT2D eigenvalue weighted by molar-refractivity contribution is 5.88. The molecule has 0 heterocycles. The first-order valence-electron chi connectivity index (χ1n) is 6.94. The van der Waals surface area contributed by atoms with E-state index in [2.05, 4.69) is 5.32 Å². The normalized spacial score (nSPS) is 11.8. The maximum absolute atomic E-state index is 12.1. The van der Waals surface area contributed by atoms with E-state index in [9.17, 15) is 9.59 Å². The van der Waals surface area contributed by atoms with Crippen molar-refractivity contribution in [1.29, 1.82) is 0 Å². The number of carbonyl (C=O) groups is 2. The molecule has 110 valence electrons. The highest BCUT2D eigenvalue weighted by atomic mass is 16.2. The van der Waals surface area contributed by atoms with Crippen molar-refractivity contribution in [3.8, 4) is 0 Å². The summed E-state index contributed by atoms with van der Waals surface area (Å²) < 4.78 is 0. The van der Waals surface area contributed by atoms with E-state index >= 15 is 0 Å².